The molecular weight excluding hydrogens is 262 g/mol. The van der Waals surface area contributed by atoms with E-state index in [1.54, 1.807) is 0 Å². The van der Waals surface area contributed by atoms with Crippen LogP contribution in [0.15, 0.2) is 10.5 Å². The Morgan fingerprint density at radius 1 is 1.19 bits per heavy atom. The first kappa shape index (κ1) is 15.1. The van der Waals surface area contributed by atoms with Crippen LogP contribution in [0.1, 0.15) is 70.1 Å². The molecule has 0 saturated carbocycles. The number of nitrogens with one attached hydrogen (secondary N) is 1. The Hall–Kier alpha value is -0.800. The molecule has 0 bridgehead atoms. The fourth-order valence-electron chi connectivity index (χ4n) is 3.99. The van der Waals surface area contributed by atoms with Gasteiger partial charge in [-0.1, -0.05) is 13.8 Å². The van der Waals surface area contributed by atoms with Gasteiger partial charge in [0.1, 0.15) is 11.5 Å². The lowest BCUT2D eigenvalue weighted by Crippen LogP contribution is -2.46. The van der Waals surface area contributed by atoms with Crippen molar-refractivity contribution in [3.05, 3.63) is 23.2 Å². The van der Waals surface area contributed by atoms with Crippen LogP contribution in [0.5, 0.6) is 0 Å². The highest BCUT2D eigenvalue weighted by atomic mass is 16.5. The summed E-state index contributed by atoms with van der Waals surface area (Å²) in [6.45, 7) is 12.0. The minimum absolute atomic E-state index is 0.00472. The van der Waals surface area contributed by atoms with Crippen LogP contribution in [0.3, 0.4) is 0 Å². The molecule has 118 valence electrons. The van der Waals surface area contributed by atoms with Crippen LogP contribution < -0.4 is 5.32 Å². The number of hydrogen-bond donors (Lipinski definition) is 1. The van der Waals surface area contributed by atoms with E-state index in [9.17, 15) is 0 Å². The molecule has 0 radical (unpaired) electrons. The zero-order valence-electron chi connectivity index (χ0n) is 14.1. The Balaban J connectivity index is 1.78. The molecular formula is C18H29NO2. The van der Waals surface area contributed by atoms with E-state index < -0.39 is 0 Å². The van der Waals surface area contributed by atoms with Crippen molar-refractivity contribution in [2.24, 2.45) is 5.41 Å². The molecule has 1 saturated heterocycles. The molecule has 0 amide bonds. The summed E-state index contributed by atoms with van der Waals surface area (Å²) >= 11 is 0. The number of furan rings is 1. The fourth-order valence-corrected chi connectivity index (χ4v) is 3.99. The molecule has 1 aliphatic heterocycles. The highest BCUT2D eigenvalue weighted by molar-refractivity contribution is 5.29. The lowest BCUT2D eigenvalue weighted by atomic mass is 9.74. The quantitative estimate of drug-likeness (QED) is 0.889. The van der Waals surface area contributed by atoms with Crippen LogP contribution in [0.2, 0.25) is 0 Å². The Bertz CT molecular complexity index is 515. The summed E-state index contributed by atoms with van der Waals surface area (Å²) < 4.78 is 11.8. The van der Waals surface area contributed by atoms with E-state index in [1.165, 1.54) is 17.7 Å². The van der Waals surface area contributed by atoms with E-state index in [0.717, 1.165) is 31.6 Å². The molecule has 1 fully saturated rings. The van der Waals surface area contributed by atoms with Crippen molar-refractivity contribution in [2.75, 3.05) is 6.61 Å². The largest absolute Gasteiger partial charge is 0.466 e. The minimum atomic E-state index is -0.00472. The van der Waals surface area contributed by atoms with Crippen LogP contribution in [0.25, 0.3) is 0 Å². The molecule has 1 aromatic rings. The molecule has 2 heterocycles. The van der Waals surface area contributed by atoms with E-state index in [4.69, 9.17) is 9.15 Å². The maximum Gasteiger partial charge on any atom is 0.109 e. The van der Waals surface area contributed by atoms with Gasteiger partial charge in [-0.2, -0.15) is 0 Å². The standard InChI is InChI=1S/C18H29NO2/c1-12-8-14-15(10-17(2,3)11-16(14)21-12)19-13-6-7-20-18(4,5)9-13/h8,13,15,19H,6-7,9-11H2,1-5H3. The van der Waals surface area contributed by atoms with Gasteiger partial charge in [0.15, 0.2) is 0 Å². The van der Waals surface area contributed by atoms with Gasteiger partial charge in [-0.3, -0.25) is 0 Å². The Morgan fingerprint density at radius 2 is 1.95 bits per heavy atom. The predicted molar refractivity (Wildman–Crippen MR) is 84.5 cm³/mol. The molecule has 2 aliphatic rings. The molecule has 3 rings (SSSR count). The van der Waals surface area contributed by atoms with Gasteiger partial charge >= 0.3 is 0 Å². The molecule has 0 spiro atoms. The topological polar surface area (TPSA) is 34.4 Å². The first-order chi connectivity index (χ1) is 9.74. The third-order valence-corrected chi connectivity index (χ3v) is 4.87. The Labute approximate surface area is 128 Å². The summed E-state index contributed by atoms with van der Waals surface area (Å²) in [6.07, 6.45) is 4.41. The zero-order valence-corrected chi connectivity index (χ0v) is 14.1. The van der Waals surface area contributed by atoms with Gasteiger partial charge in [0.25, 0.3) is 0 Å². The van der Waals surface area contributed by atoms with Gasteiger partial charge in [-0.15, -0.1) is 0 Å². The summed E-state index contributed by atoms with van der Waals surface area (Å²) in [6, 6.07) is 3.18. The molecule has 2 unspecified atom stereocenters. The molecule has 1 aliphatic carbocycles. The number of ether oxygens (including phenoxy) is 1. The van der Waals surface area contributed by atoms with Gasteiger partial charge in [-0.25, -0.2) is 0 Å². The van der Waals surface area contributed by atoms with E-state index in [2.05, 4.69) is 46.0 Å². The second kappa shape index (κ2) is 5.13. The van der Waals surface area contributed by atoms with Crippen molar-refractivity contribution in [2.45, 2.75) is 78.0 Å². The molecule has 0 aromatic carbocycles. The van der Waals surface area contributed by atoms with Gasteiger partial charge in [0.2, 0.25) is 0 Å². The summed E-state index contributed by atoms with van der Waals surface area (Å²) in [7, 11) is 0. The fraction of sp³-hybridized carbons (Fsp3) is 0.778. The number of aryl methyl sites for hydroxylation is 1. The number of hydrogen-bond acceptors (Lipinski definition) is 3. The van der Waals surface area contributed by atoms with Crippen molar-refractivity contribution in [3.8, 4) is 0 Å². The smallest absolute Gasteiger partial charge is 0.109 e. The summed E-state index contributed by atoms with van der Waals surface area (Å²) in [4.78, 5) is 0. The zero-order chi connectivity index (χ0) is 15.3. The van der Waals surface area contributed by atoms with E-state index in [-0.39, 0.29) is 5.60 Å². The van der Waals surface area contributed by atoms with Crippen molar-refractivity contribution < 1.29 is 9.15 Å². The normalized spacial score (nSPS) is 30.9. The second-order valence-electron chi connectivity index (χ2n) is 8.30. The number of rotatable bonds is 2. The highest BCUT2D eigenvalue weighted by Gasteiger charge is 2.37. The third kappa shape index (κ3) is 3.35. The number of fused-ring (bicyclic) bond motifs is 1. The summed E-state index contributed by atoms with van der Waals surface area (Å²) in [5.41, 5.74) is 1.68. The van der Waals surface area contributed by atoms with E-state index in [0.29, 0.717) is 17.5 Å². The maximum absolute atomic E-state index is 5.94. The molecule has 2 atom stereocenters. The Morgan fingerprint density at radius 3 is 2.67 bits per heavy atom. The van der Waals surface area contributed by atoms with Crippen molar-refractivity contribution in [1.29, 1.82) is 0 Å². The average molecular weight is 291 g/mol. The molecule has 21 heavy (non-hydrogen) atoms. The van der Waals surface area contributed by atoms with E-state index >= 15 is 0 Å². The average Bonchev–Trinajstić information content (AvgIpc) is 2.66. The van der Waals surface area contributed by atoms with Crippen LogP contribution in [-0.2, 0) is 11.2 Å². The highest BCUT2D eigenvalue weighted by Crippen LogP contribution is 2.42. The molecule has 3 nitrogen and oxygen atoms in total. The SMILES string of the molecule is Cc1cc2c(o1)CC(C)(C)CC2NC1CCOC(C)(C)C1. The van der Waals surface area contributed by atoms with Crippen LogP contribution in [0, 0.1) is 12.3 Å². The summed E-state index contributed by atoms with van der Waals surface area (Å²) in [5, 5.41) is 3.90. The van der Waals surface area contributed by atoms with Crippen LogP contribution in [0.4, 0.5) is 0 Å². The minimum Gasteiger partial charge on any atom is -0.466 e. The molecule has 1 aromatic heterocycles. The van der Waals surface area contributed by atoms with Gasteiger partial charge < -0.3 is 14.5 Å². The Kier molecular flexibility index (Phi) is 3.69. The molecule has 1 N–H and O–H groups in total. The molecule has 3 heteroatoms. The first-order valence-electron chi connectivity index (χ1n) is 8.23. The first-order valence-corrected chi connectivity index (χ1v) is 8.23. The predicted octanol–water partition coefficient (Wildman–Crippen LogP) is 4.15. The lowest BCUT2D eigenvalue weighted by molar-refractivity contribution is -0.0649. The third-order valence-electron chi connectivity index (χ3n) is 4.87. The van der Waals surface area contributed by atoms with Crippen LogP contribution in [-0.4, -0.2) is 18.2 Å². The monoisotopic (exact) mass is 291 g/mol. The van der Waals surface area contributed by atoms with Crippen molar-refractivity contribution >= 4 is 0 Å². The second-order valence-corrected chi connectivity index (χ2v) is 8.30. The van der Waals surface area contributed by atoms with Gasteiger partial charge in [0.05, 0.1) is 5.60 Å². The maximum atomic E-state index is 5.94. The lowest BCUT2D eigenvalue weighted by Gasteiger charge is -2.41. The van der Waals surface area contributed by atoms with E-state index in [1.807, 2.05) is 0 Å². The van der Waals surface area contributed by atoms with Crippen molar-refractivity contribution in [1.82, 2.24) is 5.32 Å². The van der Waals surface area contributed by atoms with Gasteiger partial charge in [0, 0.05) is 30.7 Å². The van der Waals surface area contributed by atoms with Gasteiger partial charge in [-0.05, 0) is 51.5 Å². The summed E-state index contributed by atoms with van der Waals surface area (Å²) in [5.74, 6) is 2.23. The van der Waals surface area contributed by atoms with Crippen LogP contribution >= 0.6 is 0 Å². The van der Waals surface area contributed by atoms with Crippen molar-refractivity contribution in [3.63, 3.8) is 0 Å².